The molecule has 0 aliphatic rings. The summed E-state index contributed by atoms with van der Waals surface area (Å²) in [5, 5.41) is 7.73. The molecule has 196 valence electrons. The van der Waals surface area contributed by atoms with Crippen molar-refractivity contribution in [3.05, 3.63) is 158 Å². The molecule has 8 aromatic rings. The average molecular weight is 535 g/mol. The van der Waals surface area contributed by atoms with Crippen LogP contribution >= 0.6 is 0 Å². The van der Waals surface area contributed by atoms with E-state index < -0.39 is 0 Å². The monoisotopic (exact) mass is 534 g/mol. The lowest BCUT2D eigenvalue weighted by Gasteiger charge is -2.13. The maximum absolute atomic E-state index is 4.64. The molecule has 6 aromatic carbocycles. The van der Waals surface area contributed by atoms with Crippen LogP contribution in [0.3, 0.4) is 0 Å². The second-order valence-electron chi connectivity index (χ2n) is 10.7. The van der Waals surface area contributed by atoms with Gasteiger partial charge in [-0.3, -0.25) is 9.97 Å². The molecule has 0 bridgehead atoms. The van der Waals surface area contributed by atoms with Crippen molar-refractivity contribution in [1.29, 1.82) is 0 Å². The van der Waals surface area contributed by atoms with E-state index in [2.05, 4.69) is 131 Å². The molecular formula is C40H26N2. The zero-order valence-corrected chi connectivity index (χ0v) is 22.9. The van der Waals surface area contributed by atoms with Crippen LogP contribution in [0.1, 0.15) is 0 Å². The normalized spacial score (nSPS) is 11.3. The van der Waals surface area contributed by atoms with Gasteiger partial charge in [-0.1, -0.05) is 91.0 Å². The van der Waals surface area contributed by atoms with Crippen molar-refractivity contribution in [3.8, 4) is 44.8 Å². The summed E-state index contributed by atoms with van der Waals surface area (Å²) < 4.78 is 0. The summed E-state index contributed by atoms with van der Waals surface area (Å²) in [4.78, 5) is 9.28. The van der Waals surface area contributed by atoms with E-state index in [9.17, 15) is 0 Å². The van der Waals surface area contributed by atoms with Crippen molar-refractivity contribution in [2.24, 2.45) is 0 Å². The summed E-state index contributed by atoms with van der Waals surface area (Å²) in [5.41, 5.74) is 8.72. The molecule has 8 rings (SSSR count). The third kappa shape index (κ3) is 4.22. The maximum atomic E-state index is 4.64. The minimum Gasteiger partial charge on any atom is -0.256 e. The number of benzene rings is 6. The van der Waals surface area contributed by atoms with Gasteiger partial charge in [0, 0.05) is 23.5 Å². The second kappa shape index (κ2) is 10.1. The Bertz CT molecular complexity index is 2140. The summed E-state index contributed by atoms with van der Waals surface area (Å²) in [6, 6.07) is 51.9. The van der Waals surface area contributed by atoms with Gasteiger partial charge in [-0.15, -0.1) is 0 Å². The molecule has 2 nitrogen and oxygen atoms in total. The predicted molar refractivity (Wildman–Crippen MR) is 176 cm³/mol. The van der Waals surface area contributed by atoms with Gasteiger partial charge in [0.05, 0.1) is 11.4 Å². The van der Waals surface area contributed by atoms with Gasteiger partial charge in [0.2, 0.25) is 0 Å². The molecule has 0 spiro atoms. The number of hydrogen-bond acceptors (Lipinski definition) is 2. The van der Waals surface area contributed by atoms with Crippen LogP contribution < -0.4 is 0 Å². The highest BCUT2D eigenvalue weighted by atomic mass is 14.7. The fourth-order valence-corrected chi connectivity index (χ4v) is 6.12. The number of fused-ring (bicyclic) bond motifs is 6. The molecule has 0 saturated carbocycles. The van der Waals surface area contributed by atoms with Crippen LogP contribution in [-0.4, -0.2) is 9.97 Å². The molecule has 2 aromatic heterocycles. The minimum absolute atomic E-state index is 0.946. The molecule has 0 atom stereocenters. The van der Waals surface area contributed by atoms with Gasteiger partial charge in [0.25, 0.3) is 0 Å². The van der Waals surface area contributed by atoms with E-state index in [0.717, 1.165) is 33.6 Å². The van der Waals surface area contributed by atoms with Crippen molar-refractivity contribution in [2.45, 2.75) is 0 Å². The van der Waals surface area contributed by atoms with Gasteiger partial charge >= 0.3 is 0 Å². The van der Waals surface area contributed by atoms with Crippen LogP contribution in [0.5, 0.6) is 0 Å². The lowest BCUT2D eigenvalue weighted by Crippen LogP contribution is -1.89. The van der Waals surface area contributed by atoms with Gasteiger partial charge in [0.15, 0.2) is 0 Å². The van der Waals surface area contributed by atoms with Crippen molar-refractivity contribution < 1.29 is 0 Å². The molecule has 0 radical (unpaired) electrons. The zero-order valence-electron chi connectivity index (χ0n) is 22.9. The first-order valence-electron chi connectivity index (χ1n) is 14.2. The van der Waals surface area contributed by atoms with Crippen LogP contribution in [0.15, 0.2) is 158 Å². The molecule has 0 aliphatic carbocycles. The van der Waals surface area contributed by atoms with E-state index in [-0.39, 0.29) is 0 Å². The van der Waals surface area contributed by atoms with Gasteiger partial charge in [-0.2, -0.15) is 0 Å². The predicted octanol–water partition coefficient (Wildman–Crippen LogP) is 10.6. The number of aromatic nitrogens is 2. The largest absolute Gasteiger partial charge is 0.256 e. The van der Waals surface area contributed by atoms with Gasteiger partial charge in [-0.05, 0) is 109 Å². The van der Waals surface area contributed by atoms with E-state index in [4.69, 9.17) is 0 Å². The summed E-state index contributed by atoms with van der Waals surface area (Å²) in [5.74, 6) is 0. The van der Waals surface area contributed by atoms with Crippen molar-refractivity contribution in [1.82, 2.24) is 9.97 Å². The molecule has 0 saturated heterocycles. The van der Waals surface area contributed by atoms with Gasteiger partial charge < -0.3 is 0 Å². The summed E-state index contributed by atoms with van der Waals surface area (Å²) in [7, 11) is 0. The number of pyridine rings is 2. The molecular weight excluding hydrogens is 508 g/mol. The number of hydrogen-bond donors (Lipinski definition) is 0. The Morgan fingerprint density at radius 3 is 1.24 bits per heavy atom. The van der Waals surface area contributed by atoms with Crippen molar-refractivity contribution >= 4 is 32.3 Å². The Labute approximate surface area is 244 Å². The molecule has 0 amide bonds. The highest BCUT2D eigenvalue weighted by molar-refractivity contribution is 6.25. The Morgan fingerprint density at radius 1 is 0.262 bits per heavy atom. The highest BCUT2D eigenvalue weighted by Crippen LogP contribution is 2.38. The smallest absolute Gasteiger partial charge is 0.0702 e. The van der Waals surface area contributed by atoms with Gasteiger partial charge in [-0.25, -0.2) is 0 Å². The standard InChI is InChI=1S/C40H26N2/c1-2-14-35-33(12-1)34-13-3-4-15-36(34)38-26-29(18-19-37(35)38)27-10-9-11-28(22-27)30-23-31(39-16-5-7-20-41-39)25-32(24-30)40-17-6-8-21-42-40/h1-26H. The van der Waals surface area contributed by atoms with Gasteiger partial charge in [0.1, 0.15) is 0 Å². The van der Waals surface area contributed by atoms with Crippen LogP contribution in [0, 0.1) is 0 Å². The lowest BCUT2D eigenvalue weighted by molar-refractivity contribution is 1.31. The Hall–Kier alpha value is -5.60. The molecule has 0 unspecified atom stereocenters. The lowest BCUT2D eigenvalue weighted by atomic mass is 9.91. The van der Waals surface area contributed by atoms with E-state index in [1.54, 1.807) is 0 Å². The first-order valence-corrected chi connectivity index (χ1v) is 14.2. The molecule has 0 aliphatic heterocycles. The van der Waals surface area contributed by atoms with Crippen LogP contribution in [0.25, 0.3) is 77.1 Å². The molecule has 42 heavy (non-hydrogen) atoms. The molecule has 0 N–H and O–H groups in total. The number of nitrogens with zero attached hydrogens (tertiary/aromatic N) is 2. The van der Waals surface area contributed by atoms with E-state index in [1.165, 1.54) is 43.4 Å². The minimum atomic E-state index is 0.946. The van der Waals surface area contributed by atoms with E-state index in [0.29, 0.717) is 0 Å². The van der Waals surface area contributed by atoms with Crippen molar-refractivity contribution in [3.63, 3.8) is 0 Å². The first kappa shape index (κ1) is 24.2. The third-order valence-corrected chi connectivity index (χ3v) is 8.13. The maximum Gasteiger partial charge on any atom is 0.0702 e. The molecule has 2 heteroatoms. The summed E-state index contributed by atoms with van der Waals surface area (Å²) in [6.07, 6.45) is 3.69. The SMILES string of the molecule is c1ccc(-c2cc(-c3cccc(-c4ccc5c6ccccc6c6ccccc6c5c4)c3)cc(-c3ccccn3)c2)nc1. The Morgan fingerprint density at radius 2 is 0.690 bits per heavy atom. The highest BCUT2D eigenvalue weighted by Gasteiger charge is 2.12. The summed E-state index contributed by atoms with van der Waals surface area (Å²) in [6.45, 7) is 0. The second-order valence-corrected chi connectivity index (χ2v) is 10.7. The summed E-state index contributed by atoms with van der Waals surface area (Å²) >= 11 is 0. The Balaban J connectivity index is 1.29. The molecule has 2 heterocycles. The van der Waals surface area contributed by atoms with Crippen LogP contribution in [0.4, 0.5) is 0 Å². The van der Waals surface area contributed by atoms with E-state index >= 15 is 0 Å². The first-order chi connectivity index (χ1) is 20.8. The Kier molecular flexibility index (Phi) is 5.82. The number of rotatable bonds is 4. The quantitative estimate of drug-likeness (QED) is 0.210. The molecule has 0 fully saturated rings. The zero-order chi connectivity index (χ0) is 27.9. The fourth-order valence-electron chi connectivity index (χ4n) is 6.12. The van der Waals surface area contributed by atoms with Crippen LogP contribution in [-0.2, 0) is 0 Å². The average Bonchev–Trinajstić information content (AvgIpc) is 3.09. The third-order valence-electron chi connectivity index (χ3n) is 8.13. The topological polar surface area (TPSA) is 25.8 Å². The van der Waals surface area contributed by atoms with Crippen molar-refractivity contribution in [2.75, 3.05) is 0 Å². The van der Waals surface area contributed by atoms with Crippen LogP contribution in [0.2, 0.25) is 0 Å². The fraction of sp³-hybridized carbons (Fsp3) is 0. The van der Waals surface area contributed by atoms with E-state index in [1.807, 2.05) is 36.7 Å².